The lowest BCUT2D eigenvalue weighted by Crippen LogP contribution is -2.06. The molecule has 1 N–H and O–H groups in total. The zero-order chi connectivity index (χ0) is 17.2. The number of hydrogen-bond donors (Lipinski definition) is 1. The number of rotatable bonds is 4. The van der Waals surface area contributed by atoms with Crippen molar-refractivity contribution in [1.82, 2.24) is 19.6 Å². The summed E-state index contributed by atoms with van der Waals surface area (Å²) < 4.78 is 16.4. The predicted molar refractivity (Wildman–Crippen MR) is 97.6 cm³/mol. The number of pyridine rings is 1. The maximum atomic E-state index is 13.9. The monoisotopic (exact) mass is 397 g/mol. The summed E-state index contributed by atoms with van der Waals surface area (Å²) in [4.78, 5) is 8.39. The van der Waals surface area contributed by atoms with E-state index in [1.165, 1.54) is 6.07 Å². The maximum absolute atomic E-state index is 13.9. The Hall–Kier alpha value is -2.80. The van der Waals surface area contributed by atoms with Gasteiger partial charge in [0.15, 0.2) is 5.65 Å². The van der Waals surface area contributed by atoms with Gasteiger partial charge in [-0.3, -0.25) is 4.98 Å². The molecule has 0 amide bonds. The average Bonchev–Trinajstić information content (AvgIpc) is 3.05. The molecular weight excluding hydrogens is 385 g/mol. The van der Waals surface area contributed by atoms with Crippen molar-refractivity contribution < 1.29 is 4.39 Å². The van der Waals surface area contributed by atoms with Gasteiger partial charge in [0.05, 0.1) is 11.9 Å². The molecule has 4 rings (SSSR count). The van der Waals surface area contributed by atoms with Gasteiger partial charge in [-0.25, -0.2) is 13.9 Å². The molecule has 25 heavy (non-hydrogen) atoms. The first-order chi connectivity index (χ1) is 12.2. The first kappa shape index (κ1) is 15.7. The van der Waals surface area contributed by atoms with Crippen molar-refractivity contribution in [3.8, 4) is 11.3 Å². The Morgan fingerprint density at radius 2 is 1.92 bits per heavy atom. The van der Waals surface area contributed by atoms with Crippen LogP contribution in [0.3, 0.4) is 0 Å². The fourth-order valence-corrected chi connectivity index (χ4v) is 2.87. The second kappa shape index (κ2) is 6.60. The molecule has 0 saturated carbocycles. The zero-order valence-electron chi connectivity index (χ0n) is 13.0. The summed E-state index contributed by atoms with van der Waals surface area (Å²) in [6.07, 6.45) is 5.23. The van der Waals surface area contributed by atoms with Gasteiger partial charge in [0, 0.05) is 34.5 Å². The number of hydrogen-bond acceptors (Lipinski definition) is 4. The number of imidazole rings is 1. The molecule has 5 nitrogen and oxygen atoms in total. The van der Waals surface area contributed by atoms with Gasteiger partial charge in [-0.1, -0.05) is 22.0 Å². The van der Waals surface area contributed by atoms with Crippen LogP contribution in [0, 0.1) is 5.82 Å². The summed E-state index contributed by atoms with van der Waals surface area (Å²) in [6.45, 7) is 0.344. The number of aromatic nitrogens is 4. The summed E-state index contributed by atoms with van der Waals surface area (Å²) in [7, 11) is 0. The molecule has 0 saturated heterocycles. The van der Waals surface area contributed by atoms with Crippen LogP contribution >= 0.6 is 15.9 Å². The second-order valence-corrected chi connectivity index (χ2v) is 6.37. The number of halogens is 2. The van der Waals surface area contributed by atoms with Crippen LogP contribution in [-0.4, -0.2) is 19.6 Å². The third-order valence-corrected chi connectivity index (χ3v) is 4.31. The molecule has 0 atom stereocenters. The molecule has 0 aliphatic carbocycles. The molecule has 3 heterocycles. The van der Waals surface area contributed by atoms with Crippen molar-refractivity contribution in [1.29, 1.82) is 0 Å². The lowest BCUT2D eigenvalue weighted by atomic mass is 10.2. The third-order valence-electron chi connectivity index (χ3n) is 3.81. The van der Waals surface area contributed by atoms with Crippen LogP contribution in [0.15, 0.2) is 65.5 Å². The fourth-order valence-electron chi connectivity index (χ4n) is 2.54. The van der Waals surface area contributed by atoms with E-state index in [2.05, 4.69) is 36.3 Å². The van der Waals surface area contributed by atoms with Crippen molar-refractivity contribution in [3.63, 3.8) is 0 Å². The molecule has 4 aromatic rings. The van der Waals surface area contributed by atoms with E-state index < -0.39 is 0 Å². The predicted octanol–water partition coefficient (Wildman–Crippen LogP) is 4.31. The summed E-state index contributed by atoms with van der Waals surface area (Å²) in [5.41, 5.74) is 3.17. The summed E-state index contributed by atoms with van der Waals surface area (Å²) >= 11 is 3.26. The van der Waals surface area contributed by atoms with Gasteiger partial charge in [-0.15, -0.1) is 5.10 Å². The Kier molecular flexibility index (Phi) is 4.15. The van der Waals surface area contributed by atoms with Crippen molar-refractivity contribution in [3.05, 3.63) is 76.9 Å². The van der Waals surface area contributed by atoms with E-state index in [1.807, 2.05) is 30.3 Å². The van der Waals surface area contributed by atoms with Crippen LogP contribution in [0.4, 0.5) is 10.2 Å². The molecule has 0 bridgehead atoms. The summed E-state index contributed by atoms with van der Waals surface area (Å²) in [5.74, 6) is 0.381. The maximum Gasteiger partial charge on any atom is 0.154 e. The van der Waals surface area contributed by atoms with E-state index in [4.69, 9.17) is 0 Å². The standard InChI is InChI=1S/C18H13BrFN5/c19-14-2-1-13(15(20)9-14)10-22-17-3-4-18-23-11-16(25(18)24-17)12-5-7-21-8-6-12/h1-9,11H,10H2,(H,22,24). The van der Waals surface area contributed by atoms with E-state index in [0.29, 0.717) is 22.4 Å². The minimum atomic E-state index is -0.261. The van der Waals surface area contributed by atoms with Crippen molar-refractivity contribution in [2.24, 2.45) is 0 Å². The van der Waals surface area contributed by atoms with Crippen molar-refractivity contribution >= 4 is 27.4 Å². The largest absolute Gasteiger partial charge is 0.364 e. The Morgan fingerprint density at radius 3 is 2.72 bits per heavy atom. The number of anilines is 1. The third kappa shape index (κ3) is 3.23. The van der Waals surface area contributed by atoms with Gasteiger partial charge in [-0.05, 0) is 36.4 Å². The van der Waals surface area contributed by atoms with Crippen LogP contribution in [0.25, 0.3) is 16.9 Å². The molecule has 0 radical (unpaired) electrons. The number of fused-ring (bicyclic) bond motifs is 1. The van der Waals surface area contributed by atoms with Gasteiger partial charge >= 0.3 is 0 Å². The van der Waals surface area contributed by atoms with Gasteiger partial charge in [-0.2, -0.15) is 0 Å². The molecule has 0 aliphatic rings. The van der Waals surface area contributed by atoms with Gasteiger partial charge < -0.3 is 5.32 Å². The van der Waals surface area contributed by atoms with Gasteiger partial charge in [0.25, 0.3) is 0 Å². The molecule has 7 heteroatoms. The molecule has 0 aliphatic heterocycles. The number of nitrogens with one attached hydrogen (secondary N) is 1. The minimum absolute atomic E-state index is 0.261. The topological polar surface area (TPSA) is 55.1 Å². The van der Waals surface area contributed by atoms with Crippen LogP contribution in [0.2, 0.25) is 0 Å². The van der Waals surface area contributed by atoms with E-state index in [-0.39, 0.29) is 5.82 Å². The molecule has 0 fully saturated rings. The lowest BCUT2D eigenvalue weighted by Gasteiger charge is -2.08. The molecule has 0 spiro atoms. The van der Waals surface area contributed by atoms with Crippen LogP contribution in [0.5, 0.6) is 0 Å². The molecule has 3 aromatic heterocycles. The minimum Gasteiger partial charge on any atom is -0.364 e. The smallest absolute Gasteiger partial charge is 0.154 e. The number of benzene rings is 1. The highest BCUT2D eigenvalue weighted by Crippen LogP contribution is 2.21. The lowest BCUT2D eigenvalue weighted by molar-refractivity contribution is 0.612. The highest BCUT2D eigenvalue weighted by atomic mass is 79.9. The second-order valence-electron chi connectivity index (χ2n) is 5.46. The highest BCUT2D eigenvalue weighted by Gasteiger charge is 2.08. The molecule has 0 unspecified atom stereocenters. The van der Waals surface area contributed by atoms with Crippen LogP contribution < -0.4 is 5.32 Å². The van der Waals surface area contributed by atoms with E-state index in [1.54, 1.807) is 29.2 Å². The Morgan fingerprint density at radius 1 is 1.08 bits per heavy atom. The van der Waals surface area contributed by atoms with Crippen LogP contribution in [-0.2, 0) is 6.54 Å². The Labute approximate surface area is 151 Å². The SMILES string of the molecule is Fc1cc(Br)ccc1CNc1ccc2ncc(-c3ccncc3)n2n1. The summed E-state index contributed by atoms with van der Waals surface area (Å²) in [6, 6.07) is 12.5. The Bertz CT molecular complexity index is 1030. The number of nitrogens with zero attached hydrogens (tertiary/aromatic N) is 4. The van der Waals surface area contributed by atoms with E-state index in [0.717, 1.165) is 16.9 Å². The van der Waals surface area contributed by atoms with E-state index >= 15 is 0 Å². The van der Waals surface area contributed by atoms with E-state index in [9.17, 15) is 4.39 Å². The first-order valence-corrected chi connectivity index (χ1v) is 8.43. The Balaban J connectivity index is 1.62. The molecule has 124 valence electrons. The average molecular weight is 398 g/mol. The van der Waals surface area contributed by atoms with Gasteiger partial charge in [0.1, 0.15) is 11.6 Å². The molecule has 1 aromatic carbocycles. The fraction of sp³-hybridized carbons (Fsp3) is 0.0556. The van der Waals surface area contributed by atoms with Gasteiger partial charge in [0.2, 0.25) is 0 Å². The zero-order valence-corrected chi connectivity index (χ0v) is 14.6. The first-order valence-electron chi connectivity index (χ1n) is 7.64. The quantitative estimate of drug-likeness (QED) is 0.557. The normalized spacial score (nSPS) is 11.0. The summed E-state index contributed by atoms with van der Waals surface area (Å²) in [5, 5.41) is 7.72. The molecular formula is C18H13BrFN5. The van der Waals surface area contributed by atoms with Crippen LogP contribution in [0.1, 0.15) is 5.56 Å². The van der Waals surface area contributed by atoms with Crippen molar-refractivity contribution in [2.75, 3.05) is 5.32 Å². The van der Waals surface area contributed by atoms with Crippen molar-refractivity contribution in [2.45, 2.75) is 6.54 Å². The highest BCUT2D eigenvalue weighted by molar-refractivity contribution is 9.10.